The van der Waals surface area contributed by atoms with Crippen LogP contribution in [0.5, 0.6) is 0 Å². The number of nitrogen functional groups attached to an aromatic ring is 1. The van der Waals surface area contributed by atoms with Gasteiger partial charge in [0.1, 0.15) is 0 Å². The molecule has 0 radical (unpaired) electrons. The molecule has 2 rings (SSSR count). The zero-order chi connectivity index (χ0) is 15.5. The van der Waals surface area contributed by atoms with E-state index in [-0.39, 0.29) is 18.2 Å². The van der Waals surface area contributed by atoms with Crippen LogP contribution in [-0.2, 0) is 20.6 Å². The molecule has 0 spiro atoms. The van der Waals surface area contributed by atoms with Crippen LogP contribution >= 0.6 is 0 Å². The molecular weight excluding hydrogens is 290 g/mol. The van der Waals surface area contributed by atoms with Crippen molar-refractivity contribution in [1.29, 1.82) is 0 Å². The Morgan fingerprint density at radius 3 is 2.38 bits per heavy atom. The number of rotatable bonds is 5. The van der Waals surface area contributed by atoms with Crippen molar-refractivity contribution in [2.24, 2.45) is 0 Å². The summed E-state index contributed by atoms with van der Waals surface area (Å²) >= 11 is 0. The summed E-state index contributed by atoms with van der Waals surface area (Å²) in [6.07, 6.45) is 1.99. The lowest BCUT2D eigenvalue weighted by molar-refractivity contribution is -0.130. The van der Waals surface area contributed by atoms with E-state index in [0.717, 1.165) is 30.2 Å². The minimum Gasteiger partial charge on any atom is -0.399 e. The number of likely N-dealkylation sites (tertiary alicyclic amines) is 1. The quantitative estimate of drug-likeness (QED) is 0.809. The fourth-order valence-corrected chi connectivity index (χ4v) is 3.43. The van der Waals surface area contributed by atoms with Crippen LogP contribution in [0.3, 0.4) is 0 Å². The minimum atomic E-state index is -3.51. The fraction of sp³-hybridized carbons (Fsp3) is 0.500. The van der Waals surface area contributed by atoms with Gasteiger partial charge in [-0.15, -0.1) is 0 Å². The van der Waals surface area contributed by atoms with Crippen molar-refractivity contribution in [1.82, 2.24) is 9.21 Å². The number of carbonyl (C=O) groups is 1. The first-order valence-corrected chi connectivity index (χ1v) is 8.55. The van der Waals surface area contributed by atoms with Gasteiger partial charge in [0, 0.05) is 25.8 Å². The third kappa shape index (κ3) is 4.18. The highest BCUT2D eigenvalue weighted by Gasteiger charge is 2.25. The number of benzene rings is 1. The molecule has 1 aliphatic rings. The molecule has 2 N–H and O–H groups in total. The Labute approximate surface area is 125 Å². The Morgan fingerprint density at radius 1 is 1.24 bits per heavy atom. The molecule has 0 saturated carbocycles. The van der Waals surface area contributed by atoms with Crippen LogP contribution in [0.1, 0.15) is 18.4 Å². The molecule has 1 fully saturated rings. The lowest BCUT2D eigenvalue weighted by Gasteiger charge is -2.21. The maximum Gasteiger partial charge on any atom is 0.237 e. The second kappa shape index (κ2) is 6.44. The number of nitrogens with two attached hydrogens (primary N) is 1. The fourth-order valence-electron chi connectivity index (χ4n) is 2.29. The summed E-state index contributed by atoms with van der Waals surface area (Å²) in [6, 6.07) is 6.70. The molecule has 1 saturated heterocycles. The van der Waals surface area contributed by atoms with E-state index in [1.165, 1.54) is 7.05 Å². The highest BCUT2D eigenvalue weighted by atomic mass is 32.2. The number of sulfonamides is 1. The Bertz CT molecular complexity index is 592. The Hall–Kier alpha value is -1.60. The molecule has 0 aliphatic carbocycles. The van der Waals surface area contributed by atoms with E-state index in [2.05, 4.69) is 0 Å². The van der Waals surface area contributed by atoms with E-state index >= 15 is 0 Å². The summed E-state index contributed by atoms with van der Waals surface area (Å²) in [5.41, 5.74) is 6.82. The van der Waals surface area contributed by atoms with Gasteiger partial charge in [-0.05, 0) is 30.5 Å². The van der Waals surface area contributed by atoms with Crippen LogP contribution in [0.4, 0.5) is 5.69 Å². The van der Waals surface area contributed by atoms with E-state index < -0.39 is 10.0 Å². The average molecular weight is 311 g/mol. The van der Waals surface area contributed by atoms with Crippen LogP contribution in [0.2, 0.25) is 0 Å². The lowest BCUT2D eigenvalue weighted by Crippen LogP contribution is -2.40. The molecule has 1 aliphatic heterocycles. The molecule has 7 heteroatoms. The first-order valence-electron chi connectivity index (χ1n) is 6.95. The topological polar surface area (TPSA) is 83.7 Å². The van der Waals surface area contributed by atoms with E-state index in [4.69, 9.17) is 5.73 Å². The van der Waals surface area contributed by atoms with Crippen molar-refractivity contribution in [3.05, 3.63) is 29.8 Å². The average Bonchev–Trinajstić information content (AvgIpc) is 2.95. The zero-order valence-corrected chi connectivity index (χ0v) is 13.0. The summed E-state index contributed by atoms with van der Waals surface area (Å²) in [5.74, 6) is -0.257. The maximum absolute atomic E-state index is 12.3. The third-order valence-corrected chi connectivity index (χ3v) is 5.40. The van der Waals surface area contributed by atoms with Crippen LogP contribution in [0, 0.1) is 0 Å². The molecular formula is C14H21N3O3S. The normalized spacial score (nSPS) is 15.6. The number of likely N-dealkylation sites (N-methyl/N-ethyl adjacent to an activating group) is 1. The number of nitrogens with zero attached hydrogens (tertiary/aromatic N) is 2. The van der Waals surface area contributed by atoms with Gasteiger partial charge in [0.05, 0.1) is 12.3 Å². The van der Waals surface area contributed by atoms with Crippen molar-refractivity contribution >= 4 is 21.6 Å². The summed E-state index contributed by atoms with van der Waals surface area (Å²) in [7, 11) is -2.06. The zero-order valence-electron chi connectivity index (χ0n) is 12.2. The molecule has 1 aromatic rings. The van der Waals surface area contributed by atoms with E-state index in [9.17, 15) is 13.2 Å². The Kier molecular flexibility index (Phi) is 4.84. The predicted molar refractivity (Wildman–Crippen MR) is 81.9 cm³/mol. The Morgan fingerprint density at radius 2 is 1.81 bits per heavy atom. The van der Waals surface area contributed by atoms with Gasteiger partial charge in [0.15, 0.2) is 0 Å². The van der Waals surface area contributed by atoms with Crippen LogP contribution in [0.15, 0.2) is 24.3 Å². The molecule has 116 valence electrons. The Balaban J connectivity index is 1.97. The molecule has 21 heavy (non-hydrogen) atoms. The first kappa shape index (κ1) is 15.8. The van der Waals surface area contributed by atoms with E-state index in [1.807, 2.05) is 0 Å². The molecule has 0 aromatic heterocycles. The number of anilines is 1. The summed E-state index contributed by atoms with van der Waals surface area (Å²) in [6.45, 7) is 1.35. The van der Waals surface area contributed by atoms with Gasteiger partial charge < -0.3 is 10.6 Å². The summed E-state index contributed by atoms with van der Waals surface area (Å²) < 4.78 is 25.6. The largest absolute Gasteiger partial charge is 0.399 e. The van der Waals surface area contributed by atoms with Crippen LogP contribution in [0.25, 0.3) is 0 Å². The monoisotopic (exact) mass is 311 g/mol. The lowest BCUT2D eigenvalue weighted by atomic mass is 10.2. The van der Waals surface area contributed by atoms with Gasteiger partial charge in [-0.3, -0.25) is 4.79 Å². The molecule has 0 atom stereocenters. The summed E-state index contributed by atoms with van der Waals surface area (Å²) in [4.78, 5) is 13.7. The van der Waals surface area contributed by atoms with Crippen molar-refractivity contribution in [3.8, 4) is 0 Å². The number of carbonyl (C=O) groups excluding carboxylic acids is 1. The standard InChI is InChI=1S/C14H21N3O3S/c1-16(10-14(18)17-8-2-3-9-17)21(19,20)11-12-4-6-13(15)7-5-12/h4-7H,2-3,8-11,15H2,1H3. The van der Waals surface area contributed by atoms with E-state index in [0.29, 0.717) is 11.3 Å². The smallest absolute Gasteiger partial charge is 0.237 e. The second-order valence-electron chi connectivity index (χ2n) is 5.34. The van der Waals surface area contributed by atoms with Crippen LogP contribution in [-0.4, -0.2) is 50.2 Å². The van der Waals surface area contributed by atoms with Crippen molar-refractivity contribution < 1.29 is 13.2 Å². The molecule has 0 bridgehead atoms. The molecule has 1 amide bonds. The van der Waals surface area contributed by atoms with Gasteiger partial charge in [0.2, 0.25) is 15.9 Å². The summed E-state index contributed by atoms with van der Waals surface area (Å²) in [5, 5.41) is 0. The molecule has 1 heterocycles. The van der Waals surface area contributed by atoms with Gasteiger partial charge in [-0.2, -0.15) is 4.31 Å². The SMILES string of the molecule is CN(CC(=O)N1CCCC1)S(=O)(=O)Cc1ccc(N)cc1. The highest BCUT2D eigenvalue weighted by Crippen LogP contribution is 2.13. The molecule has 6 nitrogen and oxygen atoms in total. The van der Waals surface area contributed by atoms with Gasteiger partial charge >= 0.3 is 0 Å². The third-order valence-electron chi connectivity index (χ3n) is 3.62. The van der Waals surface area contributed by atoms with E-state index in [1.54, 1.807) is 29.2 Å². The van der Waals surface area contributed by atoms with Crippen molar-refractivity contribution in [2.45, 2.75) is 18.6 Å². The van der Waals surface area contributed by atoms with Crippen LogP contribution < -0.4 is 5.73 Å². The van der Waals surface area contributed by atoms with Crippen molar-refractivity contribution in [2.75, 3.05) is 32.4 Å². The molecule has 1 aromatic carbocycles. The number of hydrogen-bond donors (Lipinski definition) is 1. The predicted octanol–water partition coefficient (Wildman–Crippen LogP) is 0.653. The minimum absolute atomic E-state index is 0.0999. The van der Waals surface area contributed by atoms with Gasteiger partial charge in [-0.1, -0.05) is 12.1 Å². The van der Waals surface area contributed by atoms with Gasteiger partial charge in [-0.25, -0.2) is 8.42 Å². The maximum atomic E-state index is 12.3. The van der Waals surface area contributed by atoms with Gasteiger partial charge in [0.25, 0.3) is 0 Å². The number of hydrogen-bond acceptors (Lipinski definition) is 4. The van der Waals surface area contributed by atoms with Crippen molar-refractivity contribution in [3.63, 3.8) is 0 Å². The molecule has 0 unspecified atom stereocenters. The second-order valence-corrected chi connectivity index (χ2v) is 7.42. The first-order chi connectivity index (χ1) is 9.88. The highest BCUT2D eigenvalue weighted by molar-refractivity contribution is 7.88. The number of amides is 1.